The molecule has 5 nitrogen and oxygen atoms in total. The molecule has 166 valence electrons. The van der Waals surface area contributed by atoms with Gasteiger partial charge in [-0.1, -0.05) is 38.8 Å². The third-order valence-electron chi connectivity index (χ3n) is 5.83. The van der Waals surface area contributed by atoms with Crippen molar-refractivity contribution in [1.82, 2.24) is 4.90 Å². The van der Waals surface area contributed by atoms with Crippen LogP contribution in [0.15, 0.2) is 45.6 Å². The number of aryl methyl sites for hydroxylation is 1. The maximum Gasteiger partial charge on any atom is 0.344 e. The van der Waals surface area contributed by atoms with Gasteiger partial charge in [-0.3, -0.25) is 4.90 Å². The predicted octanol–water partition coefficient (Wildman–Crippen LogP) is 5.88. The van der Waals surface area contributed by atoms with E-state index in [1.54, 1.807) is 13.2 Å². The Labute approximate surface area is 184 Å². The monoisotopic (exact) mass is 423 g/mol. The Bertz CT molecular complexity index is 1060. The molecule has 0 aliphatic carbocycles. The first-order chi connectivity index (χ1) is 15.0. The summed E-state index contributed by atoms with van der Waals surface area (Å²) in [5.74, 6) is 0.906. The van der Waals surface area contributed by atoms with Gasteiger partial charge in [0, 0.05) is 11.9 Å². The van der Waals surface area contributed by atoms with E-state index in [1.807, 2.05) is 37.3 Å². The van der Waals surface area contributed by atoms with Crippen molar-refractivity contribution in [3.05, 3.63) is 57.9 Å². The van der Waals surface area contributed by atoms with Crippen LogP contribution in [0, 0.1) is 6.92 Å². The zero-order valence-electron chi connectivity index (χ0n) is 19.0. The van der Waals surface area contributed by atoms with Gasteiger partial charge in [0.15, 0.2) is 0 Å². The average Bonchev–Trinajstić information content (AvgIpc) is 2.77. The van der Waals surface area contributed by atoms with Crippen molar-refractivity contribution in [1.29, 1.82) is 0 Å². The molecule has 3 rings (SSSR count). The summed E-state index contributed by atoms with van der Waals surface area (Å²) < 4.78 is 11.1. The van der Waals surface area contributed by atoms with E-state index in [-0.39, 0.29) is 5.75 Å². The summed E-state index contributed by atoms with van der Waals surface area (Å²) in [6.45, 7) is 8.77. The van der Waals surface area contributed by atoms with Gasteiger partial charge in [0.25, 0.3) is 0 Å². The van der Waals surface area contributed by atoms with Crippen molar-refractivity contribution in [3.8, 4) is 22.6 Å². The first-order valence-electron chi connectivity index (χ1n) is 11.1. The number of phenolic OH excluding ortho intramolecular Hbond substituents is 1. The molecule has 0 saturated carbocycles. The molecule has 31 heavy (non-hydrogen) atoms. The summed E-state index contributed by atoms with van der Waals surface area (Å²) in [5, 5.41) is 11.5. The van der Waals surface area contributed by atoms with Gasteiger partial charge in [-0.05, 0) is 68.2 Å². The molecule has 0 bridgehead atoms. The second-order valence-electron chi connectivity index (χ2n) is 8.04. The molecule has 0 unspecified atom stereocenters. The molecule has 0 spiro atoms. The number of hydrogen-bond acceptors (Lipinski definition) is 5. The first kappa shape index (κ1) is 22.9. The van der Waals surface area contributed by atoms with Crippen LogP contribution in [0.5, 0.6) is 11.5 Å². The van der Waals surface area contributed by atoms with Gasteiger partial charge in [-0.25, -0.2) is 4.79 Å². The van der Waals surface area contributed by atoms with Crippen molar-refractivity contribution in [3.63, 3.8) is 0 Å². The minimum atomic E-state index is -0.393. The summed E-state index contributed by atoms with van der Waals surface area (Å²) >= 11 is 0. The summed E-state index contributed by atoms with van der Waals surface area (Å²) in [7, 11) is 1.61. The van der Waals surface area contributed by atoms with Crippen molar-refractivity contribution in [2.24, 2.45) is 0 Å². The maximum atomic E-state index is 13.0. The van der Waals surface area contributed by atoms with Gasteiger partial charge in [0.2, 0.25) is 0 Å². The molecular weight excluding hydrogens is 390 g/mol. The highest BCUT2D eigenvalue weighted by atomic mass is 16.5. The van der Waals surface area contributed by atoms with Crippen molar-refractivity contribution in [2.75, 3.05) is 20.2 Å². The number of unbranched alkanes of at least 4 members (excludes halogenated alkanes) is 2. The number of methoxy groups -OCH3 is 1. The Morgan fingerprint density at radius 2 is 1.65 bits per heavy atom. The van der Waals surface area contributed by atoms with Crippen LogP contribution in [0.25, 0.3) is 22.1 Å². The normalized spacial score (nSPS) is 11.4. The predicted molar refractivity (Wildman–Crippen MR) is 126 cm³/mol. The molecule has 2 aromatic carbocycles. The van der Waals surface area contributed by atoms with Crippen LogP contribution in [-0.4, -0.2) is 30.2 Å². The number of benzene rings is 2. The largest absolute Gasteiger partial charge is 0.507 e. The minimum Gasteiger partial charge on any atom is -0.507 e. The molecule has 0 atom stereocenters. The molecule has 0 fully saturated rings. The molecule has 0 saturated heterocycles. The summed E-state index contributed by atoms with van der Waals surface area (Å²) in [5.41, 5.74) is 2.96. The highest BCUT2D eigenvalue weighted by Gasteiger charge is 2.19. The molecule has 0 aliphatic heterocycles. The molecule has 0 radical (unpaired) electrons. The number of aromatic hydroxyl groups is 1. The van der Waals surface area contributed by atoms with E-state index in [2.05, 4.69) is 18.7 Å². The molecule has 1 aromatic heterocycles. The van der Waals surface area contributed by atoms with E-state index in [1.165, 1.54) is 0 Å². The Hall–Kier alpha value is -2.79. The van der Waals surface area contributed by atoms with E-state index in [4.69, 9.17) is 9.15 Å². The van der Waals surface area contributed by atoms with Crippen LogP contribution in [-0.2, 0) is 6.54 Å². The van der Waals surface area contributed by atoms with Crippen LogP contribution < -0.4 is 10.4 Å². The molecule has 1 heterocycles. The molecule has 1 N–H and O–H groups in total. The number of hydrogen-bond donors (Lipinski definition) is 1. The first-order valence-corrected chi connectivity index (χ1v) is 11.1. The van der Waals surface area contributed by atoms with E-state index in [0.29, 0.717) is 23.3 Å². The summed E-state index contributed by atoms with van der Waals surface area (Å²) in [6.07, 6.45) is 4.42. The molecule has 0 amide bonds. The number of fused-ring (bicyclic) bond motifs is 1. The fourth-order valence-electron chi connectivity index (χ4n) is 3.96. The SMILES string of the molecule is CCCCN(CCCC)Cc1c(O)ccc2c(C)c(-c3ccc(OC)cc3)c(=O)oc12. The number of nitrogens with zero attached hydrogens (tertiary/aromatic N) is 1. The highest BCUT2D eigenvalue weighted by Crippen LogP contribution is 2.33. The zero-order chi connectivity index (χ0) is 22.4. The lowest BCUT2D eigenvalue weighted by Gasteiger charge is -2.23. The van der Waals surface area contributed by atoms with Crippen LogP contribution in [0.1, 0.15) is 50.7 Å². The lowest BCUT2D eigenvalue weighted by molar-refractivity contribution is 0.253. The van der Waals surface area contributed by atoms with E-state index in [0.717, 1.165) is 61.0 Å². The van der Waals surface area contributed by atoms with Gasteiger partial charge >= 0.3 is 5.63 Å². The van der Waals surface area contributed by atoms with Gasteiger partial charge < -0.3 is 14.3 Å². The quantitative estimate of drug-likeness (QED) is 0.412. The smallest absolute Gasteiger partial charge is 0.344 e. The highest BCUT2D eigenvalue weighted by molar-refractivity contribution is 5.89. The van der Waals surface area contributed by atoms with E-state index in [9.17, 15) is 9.90 Å². The van der Waals surface area contributed by atoms with Crippen molar-refractivity contribution in [2.45, 2.75) is 53.0 Å². The van der Waals surface area contributed by atoms with Gasteiger partial charge in [-0.15, -0.1) is 0 Å². The second kappa shape index (κ2) is 10.5. The lowest BCUT2D eigenvalue weighted by atomic mass is 9.97. The molecule has 5 heteroatoms. The number of ether oxygens (including phenoxy) is 1. The standard InChI is InChI=1S/C26H33NO4/c1-5-7-15-27(16-8-6-2)17-22-23(28)14-13-21-18(3)24(26(29)31-25(21)22)19-9-11-20(30-4)12-10-19/h9-14,28H,5-8,15-17H2,1-4H3. The van der Waals surface area contributed by atoms with Crippen molar-refractivity contribution < 1.29 is 14.3 Å². The van der Waals surface area contributed by atoms with Gasteiger partial charge in [-0.2, -0.15) is 0 Å². The Morgan fingerprint density at radius 1 is 1.00 bits per heavy atom. The van der Waals surface area contributed by atoms with Gasteiger partial charge in [0.1, 0.15) is 17.1 Å². The average molecular weight is 424 g/mol. The summed E-state index contributed by atoms with van der Waals surface area (Å²) in [6, 6.07) is 10.9. The Morgan fingerprint density at radius 3 is 2.23 bits per heavy atom. The Balaban J connectivity index is 2.07. The molecule has 3 aromatic rings. The van der Waals surface area contributed by atoms with Crippen LogP contribution in [0.3, 0.4) is 0 Å². The van der Waals surface area contributed by atoms with E-state index >= 15 is 0 Å². The van der Waals surface area contributed by atoms with Crippen LogP contribution >= 0.6 is 0 Å². The topological polar surface area (TPSA) is 62.9 Å². The van der Waals surface area contributed by atoms with E-state index < -0.39 is 5.63 Å². The van der Waals surface area contributed by atoms with Crippen LogP contribution in [0.4, 0.5) is 0 Å². The molecular formula is C26H33NO4. The molecule has 0 aliphatic rings. The minimum absolute atomic E-state index is 0.172. The van der Waals surface area contributed by atoms with Gasteiger partial charge in [0.05, 0.1) is 18.2 Å². The fourth-order valence-corrected chi connectivity index (χ4v) is 3.96. The maximum absolute atomic E-state index is 13.0. The number of phenols is 1. The third kappa shape index (κ3) is 5.10. The number of rotatable bonds is 10. The Kier molecular flexibility index (Phi) is 7.75. The fraction of sp³-hybridized carbons (Fsp3) is 0.423. The zero-order valence-corrected chi connectivity index (χ0v) is 19.0. The second-order valence-corrected chi connectivity index (χ2v) is 8.04. The third-order valence-corrected chi connectivity index (χ3v) is 5.83. The lowest BCUT2D eigenvalue weighted by Crippen LogP contribution is -2.26. The van der Waals surface area contributed by atoms with Crippen LogP contribution in [0.2, 0.25) is 0 Å². The summed E-state index contributed by atoms with van der Waals surface area (Å²) in [4.78, 5) is 15.4. The van der Waals surface area contributed by atoms with Crippen molar-refractivity contribution >= 4 is 11.0 Å².